The third-order valence-corrected chi connectivity index (χ3v) is 8.11. The molecule has 94 valence electrons. The first-order valence-electron chi connectivity index (χ1n) is 5.85. The molecule has 17 heavy (non-hydrogen) atoms. The second-order valence-electron chi connectivity index (χ2n) is 4.27. The fraction of sp³-hybridized carbons (Fsp3) is 0.462. The van der Waals surface area contributed by atoms with Gasteiger partial charge in [0.15, 0.2) is 5.52 Å². The van der Waals surface area contributed by atoms with Gasteiger partial charge >= 0.3 is 0 Å². The predicted molar refractivity (Wildman–Crippen MR) is 80.5 cm³/mol. The maximum absolute atomic E-state index is 12.3. The Bertz CT molecular complexity index is 431. The first-order valence-corrected chi connectivity index (χ1v) is 9.02. The molecule has 0 fully saturated rings. The zero-order valence-corrected chi connectivity index (χ0v) is 12.6. The van der Waals surface area contributed by atoms with Crippen LogP contribution in [-0.4, -0.2) is 31.9 Å². The van der Waals surface area contributed by atoms with Gasteiger partial charge in [-0.05, 0) is 36.6 Å². The second-order valence-corrected chi connectivity index (χ2v) is 9.81. The summed E-state index contributed by atoms with van der Waals surface area (Å²) in [6, 6.07) is 5.87. The van der Waals surface area contributed by atoms with E-state index in [1.165, 1.54) is 0 Å². The maximum atomic E-state index is 12.3. The maximum Gasteiger partial charge on any atom is 0.193 e. The van der Waals surface area contributed by atoms with Crippen LogP contribution in [0.2, 0.25) is 0 Å². The summed E-state index contributed by atoms with van der Waals surface area (Å²) in [7, 11) is 3.97. The normalized spacial score (nSPS) is 11.3. The van der Waals surface area contributed by atoms with Gasteiger partial charge in [-0.2, -0.15) is 0 Å². The molecule has 0 aliphatic carbocycles. The SMILES string of the molecule is CCP(=S)(CC)C(=O)c1ccc(N(C)C)cc1. The Morgan fingerprint density at radius 1 is 1.18 bits per heavy atom. The Hall–Kier alpha value is -0.660. The van der Waals surface area contributed by atoms with Crippen LogP contribution in [0.25, 0.3) is 0 Å². The lowest BCUT2D eigenvalue weighted by atomic mass is 10.2. The second kappa shape index (κ2) is 5.79. The van der Waals surface area contributed by atoms with Crippen LogP contribution in [-0.2, 0) is 11.8 Å². The Morgan fingerprint density at radius 3 is 2.00 bits per heavy atom. The highest BCUT2D eigenvalue weighted by molar-refractivity contribution is 8.22. The lowest BCUT2D eigenvalue weighted by Crippen LogP contribution is -2.09. The average molecular weight is 269 g/mol. The zero-order chi connectivity index (χ0) is 13.1. The molecule has 0 amide bonds. The van der Waals surface area contributed by atoms with Crippen molar-refractivity contribution in [2.45, 2.75) is 13.8 Å². The summed E-state index contributed by atoms with van der Waals surface area (Å²) in [5.41, 5.74) is 2.05. The van der Waals surface area contributed by atoms with Crippen molar-refractivity contribution in [1.29, 1.82) is 0 Å². The van der Waals surface area contributed by atoms with Crippen molar-refractivity contribution in [3.63, 3.8) is 0 Å². The fourth-order valence-electron chi connectivity index (χ4n) is 1.65. The van der Waals surface area contributed by atoms with E-state index in [9.17, 15) is 4.79 Å². The molecular weight excluding hydrogens is 249 g/mol. The summed E-state index contributed by atoms with van der Waals surface area (Å²) < 4.78 is 0. The van der Waals surface area contributed by atoms with Gasteiger partial charge in [0.1, 0.15) is 0 Å². The van der Waals surface area contributed by atoms with Crippen LogP contribution in [0.1, 0.15) is 24.2 Å². The first kappa shape index (κ1) is 14.4. The number of carbonyl (C=O) groups excluding carboxylic acids is 1. The number of carbonyl (C=O) groups is 1. The van der Waals surface area contributed by atoms with E-state index < -0.39 is 6.04 Å². The van der Waals surface area contributed by atoms with E-state index >= 15 is 0 Å². The standard InChI is InChI=1S/C13H20NOPS/c1-5-16(17,6-2)13(15)11-7-9-12(10-8-11)14(3)4/h7-10H,5-6H2,1-4H3. The lowest BCUT2D eigenvalue weighted by molar-refractivity contribution is 0.108. The van der Waals surface area contributed by atoms with Crippen LogP contribution in [0.3, 0.4) is 0 Å². The van der Waals surface area contributed by atoms with E-state index in [-0.39, 0.29) is 5.52 Å². The van der Waals surface area contributed by atoms with Gasteiger partial charge in [-0.1, -0.05) is 25.7 Å². The number of hydrogen-bond donors (Lipinski definition) is 0. The predicted octanol–water partition coefficient (Wildman–Crippen LogP) is 3.41. The van der Waals surface area contributed by atoms with E-state index in [2.05, 4.69) is 0 Å². The highest BCUT2D eigenvalue weighted by Gasteiger charge is 2.23. The molecular formula is C13H20NOPS. The Balaban J connectivity index is 3.02. The van der Waals surface area contributed by atoms with E-state index in [0.29, 0.717) is 0 Å². The zero-order valence-electron chi connectivity index (χ0n) is 10.9. The molecule has 0 unspecified atom stereocenters. The lowest BCUT2D eigenvalue weighted by Gasteiger charge is -2.17. The smallest absolute Gasteiger partial charge is 0.193 e. The van der Waals surface area contributed by atoms with Gasteiger partial charge in [0.25, 0.3) is 0 Å². The molecule has 1 rings (SSSR count). The molecule has 2 nitrogen and oxygen atoms in total. The van der Waals surface area contributed by atoms with Gasteiger partial charge in [-0.3, -0.25) is 4.79 Å². The molecule has 0 spiro atoms. The summed E-state index contributed by atoms with van der Waals surface area (Å²) in [5.74, 6) is 0. The third kappa shape index (κ3) is 3.17. The van der Waals surface area contributed by atoms with E-state index in [1.807, 2.05) is 57.1 Å². The summed E-state index contributed by atoms with van der Waals surface area (Å²) in [6.07, 6.45) is 1.63. The van der Waals surface area contributed by atoms with Crippen molar-refractivity contribution >= 4 is 29.1 Å². The van der Waals surface area contributed by atoms with E-state index in [4.69, 9.17) is 11.8 Å². The highest BCUT2D eigenvalue weighted by Crippen LogP contribution is 2.48. The van der Waals surface area contributed by atoms with Gasteiger partial charge in [-0.25, -0.2) is 0 Å². The summed E-state index contributed by atoms with van der Waals surface area (Å²) in [6.45, 7) is 4.05. The van der Waals surface area contributed by atoms with Crippen molar-refractivity contribution in [2.75, 3.05) is 31.3 Å². The fourth-order valence-corrected chi connectivity index (χ4v) is 3.61. The molecule has 0 aromatic heterocycles. The first-order chi connectivity index (χ1) is 7.94. The van der Waals surface area contributed by atoms with Crippen LogP contribution >= 0.6 is 6.04 Å². The number of rotatable bonds is 5. The number of benzene rings is 1. The quantitative estimate of drug-likeness (QED) is 0.764. The Kier molecular flexibility index (Phi) is 4.91. The van der Waals surface area contributed by atoms with E-state index in [0.717, 1.165) is 23.6 Å². The van der Waals surface area contributed by atoms with Crippen molar-refractivity contribution in [1.82, 2.24) is 0 Å². The molecule has 0 aliphatic heterocycles. The Morgan fingerprint density at radius 2 is 1.65 bits per heavy atom. The molecule has 0 heterocycles. The number of nitrogens with zero attached hydrogens (tertiary/aromatic N) is 1. The van der Waals surface area contributed by atoms with Crippen LogP contribution in [0.5, 0.6) is 0 Å². The molecule has 4 heteroatoms. The molecule has 0 saturated heterocycles. The van der Waals surface area contributed by atoms with Crippen molar-refractivity contribution in [2.24, 2.45) is 0 Å². The van der Waals surface area contributed by atoms with Crippen molar-refractivity contribution in [3.05, 3.63) is 29.8 Å². The largest absolute Gasteiger partial charge is 0.378 e. The van der Waals surface area contributed by atoms with Crippen LogP contribution in [0.15, 0.2) is 24.3 Å². The summed E-state index contributed by atoms with van der Waals surface area (Å²) in [4.78, 5) is 14.4. The molecule has 0 atom stereocenters. The molecule has 1 aromatic carbocycles. The van der Waals surface area contributed by atoms with Crippen molar-refractivity contribution in [3.8, 4) is 0 Å². The van der Waals surface area contributed by atoms with Gasteiger partial charge in [-0.15, -0.1) is 0 Å². The molecule has 0 bridgehead atoms. The van der Waals surface area contributed by atoms with E-state index in [1.54, 1.807) is 0 Å². The van der Waals surface area contributed by atoms with Gasteiger partial charge in [0.05, 0.1) is 0 Å². The highest BCUT2D eigenvalue weighted by atomic mass is 32.4. The Labute approximate surface area is 109 Å². The molecule has 1 aromatic rings. The van der Waals surface area contributed by atoms with Gasteiger partial charge in [0.2, 0.25) is 0 Å². The topological polar surface area (TPSA) is 20.3 Å². The molecule has 0 N–H and O–H groups in total. The van der Waals surface area contributed by atoms with Gasteiger partial charge < -0.3 is 4.90 Å². The molecule has 0 radical (unpaired) electrons. The van der Waals surface area contributed by atoms with Crippen molar-refractivity contribution < 1.29 is 4.79 Å². The summed E-state index contributed by atoms with van der Waals surface area (Å²) in [5, 5.41) is 0. The van der Waals surface area contributed by atoms with Crippen LogP contribution in [0.4, 0.5) is 5.69 Å². The monoisotopic (exact) mass is 269 g/mol. The number of anilines is 1. The number of hydrogen-bond acceptors (Lipinski definition) is 3. The minimum absolute atomic E-state index is 0.183. The molecule has 0 aliphatic rings. The van der Waals surface area contributed by atoms with Crippen LogP contribution < -0.4 is 4.90 Å². The summed E-state index contributed by atoms with van der Waals surface area (Å²) >= 11 is 5.54. The third-order valence-electron chi connectivity index (χ3n) is 3.02. The molecule has 0 saturated carbocycles. The van der Waals surface area contributed by atoms with Gasteiger partial charge in [0, 0.05) is 31.4 Å². The minimum Gasteiger partial charge on any atom is -0.378 e. The average Bonchev–Trinajstić information content (AvgIpc) is 2.37. The minimum atomic E-state index is -1.85. The van der Waals surface area contributed by atoms with Crippen LogP contribution in [0, 0.1) is 0 Å².